The van der Waals surface area contributed by atoms with Gasteiger partial charge in [0, 0.05) is 49.6 Å². The fraction of sp³-hybridized carbons (Fsp3) is 0.0800. The molecule has 0 saturated heterocycles. The Labute approximate surface area is 467 Å². The standard InChI is InChI=1S/C75H53N3OS/c1-46-14-13-22-68-72(46)64-45-55(37-40-67(64)78(68)58-17-7-4-8-18-58)48-24-30-51(31-25-48)61-42-47(2)71(52-32-26-49(27-33-52)54-36-39-66-62(43-54)59-19-9-11-21-65(59)77(66)57-15-5-3-6-16-57)73-74(61)80-75(76-73)53-34-28-50(29-35-53)56-38-41-70-63(44-56)60-20-10-12-23-69(60)79-70/h3-13,15-41,43-47H,14,42H2,1-2H3. The lowest BCUT2D eigenvalue weighted by atomic mass is 9.82. The van der Waals surface area contributed by atoms with Crippen molar-refractivity contribution in [3.63, 3.8) is 0 Å². The molecule has 0 fully saturated rings. The van der Waals surface area contributed by atoms with E-state index in [1.54, 1.807) is 0 Å². The zero-order valence-corrected chi connectivity index (χ0v) is 45.2. The predicted molar refractivity (Wildman–Crippen MR) is 335 cm³/mol. The third-order valence-electron chi connectivity index (χ3n) is 17.1. The number of benzene rings is 10. The summed E-state index contributed by atoms with van der Waals surface area (Å²) in [6.45, 7) is 4.75. The predicted octanol–water partition coefficient (Wildman–Crippen LogP) is 18.7. The van der Waals surface area contributed by atoms with Crippen LogP contribution in [-0.4, -0.2) is 14.1 Å². The molecule has 0 spiro atoms. The summed E-state index contributed by atoms with van der Waals surface area (Å²) in [5.74, 6) is 0.670. The summed E-state index contributed by atoms with van der Waals surface area (Å²) in [6, 6.07) is 86.6. The van der Waals surface area contributed by atoms with Crippen LogP contribution in [0.3, 0.4) is 0 Å². The van der Waals surface area contributed by atoms with E-state index in [-0.39, 0.29) is 5.92 Å². The second-order valence-corrected chi connectivity index (χ2v) is 22.9. The highest BCUT2D eigenvalue weighted by molar-refractivity contribution is 7.13. The van der Waals surface area contributed by atoms with E-state index in [0.29, 0.717) is 5.92 Å². The van der Waals surface area contributed by atoms with Crippen molar-refractivity contribution in [1.29, 1.82) is 0 Å². The molecule has 2 aliphatic carbocycles. The second kappa shape index (κ2) is 18.5. The Bertz CT molecular complexity index is 4940. The molecule has 0 bridgehead atoms. The summed E-state index contributed by atoms with van der Waals surface area (Å²) in [5, 5.41) is 8.24. The fourth-order valence-corrected chi connectivity index (χ4v) is 14.4. The van der Waals surface area contributed by atoms with Crippen molar-refractivity contribution >= 4 is 83.2 Å². The fourth-order valence-electron chi connectivity index (χ4n) is 13.2. The minimum atomic E-state index is 0.230. The molecule has 0 aliphatic heterocycles. The van der Waals surface area contributed by atoms with E-state index in [0.717, 1.165) is 61.8 Å². The third-order valence-corrected chi connectivity index (χ3v) is 18.3. The number of nitrogens with zero attached hydrogens (tertiary/aromatic N) is 3. The average molecular weight is 1040 g/mol. The number of hydrogen-bond donors (Lipinski definition) is 0. The molecule has 2 atom stereocenters. The van der Waals surface area contributed by atoms with E-state index in [1.165, 1.54) is 104 Å². The maximum Gasteiger partial charge on any atom is 0.135 e. The van der Waals surface area contributed by atoms with Gasteiger partial charge in [-0.2, -0.15) is 0 Å². The normalized spacial score (nSPS) is 15.2. The summed E-state index contributed by atoms with van der Waals surface area (Å²) < 4.78 is 12.2. The van der Waals surface area contributed by atoms with Crippen LogP contribution < -0.4 is 9.88 Å². The molecule has 0 amide bonds. The Morgan fingerprint density at radius 3 is 1.64 bits per heavy atom. The molecule has 0 radical (unpaired) electrons. The smallest absolute Gasteiger partial charge is 0.135 e. The van der Waals surface area contributed by atoms with Crippen LogP contribution >= 0.6 is 11.3 Å². The number of aromatic nitrogens is 3. The Morgan fingerprint density at radius 1 is 0.425 bits per heavy atom. The van der Waals surface area contributed by atoms with Crippen LogP contribution in [0.4, 0.5) is 0 Å². The van der Waals surface area contributed by atoms with Crippen molar-refractivity contribution in [3.05, 3.63) is 275 Å². The first-order valence-electron chi connectivity index (χ1n) is 27.9. The van der Waals surface area contributed by atoms with Gasteiger partial charge in [-0.15, -0.1) is 11.3 Å². The van der Waals surface area contributed by atoms with E-state index in [9.17, 15) is 0 Å². The van der Waals surface area contributed by atoms with Crippen LogP contribution in [0.25, 0.3) is 127 Å². The molecule has 80 heavy (non-hydrogen) atoms. The molecule has 4 heterocycles. The molecule has 380 valence electrons. The molecule has 16 rings (SSSR count). The highest BCUT2D eigenvalue weighted by Crippen LogP contribution is 2.43. The van der Waals surface area contributed by atoms with Crippen LogP contribution in [0.1, 0.15) is 55.0 Å². The molecule has 2 aliphatic rings. The van der Waals surface area contributed by atoms with E-state index in [2.05, 4.69) is 260 Å². The Balaban J connectivity index is 0.797. The van der Waals surface area contributed by atoms with Gasteiger partial charge >= 0.3 is 0 Å². The van der Waals surface area contributed by atoms with Gasteiger partial charge in [0.2, 0.25) is 0 Å². The number of thiazole rings is 1. The Morgan fingerprint density at radius 2 is 0.938 bits per heavy atom. The van der Waals surface area contributed by atoms with Crippen molar-refractivity contribution in [2.45, 2.75) is 32.6 Å². The zero-order valence-electron chi connectivity index (χ0n) is 44.4. The molecule has 2 unspecified atom stereocenters. The number of allylic oxidation sites excluding steroid dienone is 1. The molecular formula is C75H53N3OS. The molecular weight excluding hydrogens is 991 g/mol. The van der Waals surface area contributed by atoms with Gasteiger partial charge in [-0.1, -0.05) is 184 Å². The molecule has 5 heteroatoms. The number of furan rings is 1. The first-order valence-corrected chi connectivity index (χ1v) is 28.8. The molecule has 14 aromatic rings. The number of fused-ring (bicyclic) bond motifs is 10. The maximum atomic E-state index is 6.17. The van der Waals surface area contributed by atoms with Gasteiger partial charge in [0.15, 0.2) is 0 Å². The third kappa shape index (κ3) is 7.52. The van der Waals surface area contributed by atoms with Gasteiger partial charge in [0.1, 0.15) is 16.2 Å². The van der Waals surface area contributed by atoms with Crippen molar-refractivity contribution in [2.75, 3.05) is 0 Å². The van der Waals surface area contributed by atoms with Gasteiger partial charge < -0.3 is 13.6 Å². The highest BCUT2D eigenvalue weighted by atomic mass is 32.1. The Hall–Kier alpha value is -9.55. The average Bonchev–Trinajstić information content (AvgIpc) is 4.49. The van der Waals surface area contributed by atoms with Gasteiger partial charge in [0.25, 0.3) is 0 Å². The van der Waals surface area contributed by atoms with Crippen LogP contribution in [0.5, 0.6) is 0 Å². The first kappa shape index (κ1) is 46.5. The Kier molecular flexibility index (Phi) is 10.8. The highest BCUT2D eigenvalue weighted by Gasteiger charge is 2.27. The van der Waals surface area contributed by atoms with Crippen LogP contribution in [0.2, 0.25) is 0 Å². The SMILES string of the molecule is CC1CC(c2ccc(-c3ccc4c(c3)c3c(n4-c4ccccc4)C=CCC3C)cc2)=c2sc(-c3ccc(-c4ccc5oc6ccccc6c5c4)cc3)nc2=C1c1ccc(-c2ccc3c(c2)c2ccccc2n3-c2ccccc2)cc1. The van der Waals surface area contributed by atoms with E-state index in [1.807, 2.05) is 23.5 Å². The monoisotopic (exact) mass is 1040 g/mol. The summed E-state index contributed by atoms with van der Waals surface area (Å²) in [4.78, 5) is 5.64. The largest absolute Gasteiger partial charge is 0.456 e. The van der Waals surface area contributed by atoms with Crippen LogP contribution in [0.15, 0.2) is 247 Å². The van der Waals surface area contributed by atoms with Gasteiger partial charge in [0.05, 0.1) is 26.4 Å². The van der Waals surface area contributed by atoms with Gasteiger partial charge in [-0.05, 0) is 165 Å². The summed E-state index contributed by atoms with van der Waals surface area (Å²) in [7, 11) is 0. The van der Waals surface area contributed by atoms with Crippen molar-refractivity contribution in [3.8, 4) is 55.3 Å². The summed E-state index contributed by atoms with van der Waals surface area (Å²) >= 11 is 1.82. The lowest BCUT2D eigenvalue weighted by Gasteiger charge is -2.22. The zero-order chi connectivity index (χ0) is 53.0. The number of hydrogen-bond acceptors (Lipinski definition) is 3. The first-order chi connectivity index (χ1) is 39.5. The van der Waals surface area contributed by atoms with Gasteiger partial charge in [-0.25, -0.2) is 4.98 Å². The van der Waals surface area contributed by atoms with E-state index >= 15 is 0 Å². The van der Waals surface area contributed by atoms with Crippen molar-refractivity contribution in [2.24, 2.45) is 5.92 Å². The number of para-hydroxylation sites is 4. The van der Waals surface area contributed by atoms with Crippen molar-refractivity contribution < 1.29 is 4.42 Å². The van der Waals surface area contributed by atoms with Crippen LogP contribution in [-0.2, 0) is 0 Å². The lowest BCUT2D eigenvalue weighted by Crippen LogP contribution is -2.33. The minimum Gasteiger partial charge on any atom is -0.456 e. The molecule has 4 aromatic heterocycles. The molecule has 4 nitrogen and oxygen atoms in total. The maximum absolute atomic E-state index is 6.17. The summed E-state index contributed by atoms with van der Waals surface area (Å²) in [5.41, 5.74) is 24.0. The second-order valence-electron chi connectivity index (χ2n) is 21.9. The van der Waals surface area contributed by atoms with Crippen LogP contribution in [0, 0.1) is 5.92 Å². The van der Waals surface area contributed by atoms with E-state index < -0.39 is 0 Å². The minimum absolute atomic E-state index is 0.230. The summed E-state index contributed by atoms with van der Waals surface area (Å²) in [6.07, 6.45) is 6.62. The molecule has 0 N–H and O–H groups in total. The van der Waals surface area contributed by atoms with Crippen molar-refractivity contribution in [1.82, 2.24) is 14.1 Å². The van der Waals surface area contributed by atoms with E-state index in [4.69, 9.17) is 9.40 Å². The van der Waals surface area contributed by atoms with Gasteiger partial charge in [-0.3, -0.25) is 0 Å². The lowest BCUT2D eigenvalue weighted by molar-refractivity contribution is 0.669. The molecule has 0 saturated carbocycles. The quantitative estimate of drug-likeness (QED) is 0.152. The molecule has 10 aromatic carbocycles. The topological polar surface area (TPSA) is 35.9 Å². The number of rotatable bonds is 8.